The minimum Gasteiger partial charge on any atom is -0.333 e. The Balaban J connectivity index is 1.58. The Kier molecular flexibility index (Phi) is 4.35. The zero-order valence-electron chi connectivity index (χ0n) is 14.8. The second-order valence-corrected chi connectivity index (χ2v) is 7.42. The number of rotatable bonds is 3. The zero-order valence-corrected chi connectivity index (χ0v) is 14.8. The smallest absolute Gasteiger partial charge is 0.255 e. The topological polar surface area (TPSA) is 37.4 Å². The molecule has 0 unspecified atom stereocenters. The summed E-state index contributed by atoms with van der Waals surface area (Å²) in [5, 5.41) is 0. The average molecular weight is 351 g/mol. The van der Waals surface area contributed by atoms with E-state index in [-0.39, 0.29) is 29.6 Å². The monoisotopic (exact) mass is 351 g/mol. The predicted molar refractivity (Wildman–Crippen MR) is 97.8 cm³/mol. The van der Waals surface area contributed by atoms with Gasteiger partial charge in [0.05, 0.1) is 5.56 Å². The van der Waals surface area contributed by atoms with Crippen molar-refractivity contribution < 1.29 is 14.0 Å². The number of benzene rings is 2. The second kappa shape index (κ2) is 6.67. The second-order valence-electron chi connectivity index (χ2n) is 7.42. The van der Waals surface area contributed by atoms with Gasteiger partial charge in [0.1, 0.15) is 5.82 Å². The number of carbonyl (C=O) groups is 2. The Hall–Kier alpha value is -2.49. The minimum absolute atomic E-state index is 0.0270. The highest BCUT2D eigenvalue weighted by Gasteiger charge is 2.44. The number of carbonyl (C=O) groups excluding carboxylic acids is 2. The minimum atomic E-state index is -0.217. The molecule has 2 heterocycles. The summed E-state index contributed by atoms with van der Waals surface area (Å²) in [6, 6.07) is 14.2. The summed E-state index contributed by atoms with van der Waals surface area (Å²) in [5.74, 6) is 0.0359. The summed E-state index contributed by atoms with van der Waals surface area (Å²) in [7, 11) is 0. The molecule has 3 nitrogen and oxygen atoms in total. The molecule has 0 spiro atoms. The van der Waals surface area contributed by atoms with Crippen LogP contribution in [0.3, 0.4) is 0 Å². The summed E-state index contributed by atoms with van der Waals surface area (Å²) in [6.07, 6.45) is 3.79. The van der Waals surface area contributed by atoms with E-state index in [1.165, 1.54) is 19.1 Å². The van der Waals surface area contributed by atoms with E-state index >= 15 is 0 Å². The zero-order chi connectivity index (χ0) is 18.3. The highest BCUT2D eigenvalue weighted by atomic mass is 19.1. The van der Waals surface area contributed by atoms with Crippen LogP contribution in [0, 0.1) is 5.82 Å². The Bertz CT molecular complexity index is 831. The van der Waals surface area contributed by atoms with Gasteiger partial charge in [0.25, 0.3) is 5.91 Å². The van der Waals surface area contributed by atoms with Crippen LogP contribution in [-0.2, 0) is 0 Å². The highest BCUT2D eigenvalue weighted by molar-refractivity contribution is 6.07. The van der Waals surface area contributed by atoms with E-state index < -0.39 is 0 Å². The normalized spacial score (nSPS) is 24.5. The molecule has 2 aliphatic heterocycles. The molecule has 2 bridgehead atoms. The van der Waals surface area contributed by atoms with Crippen molar-refractivity contribution in [3.05, 3.63) is 71.0 Å². The third-order valence-electron chi connectivity index (χ3n) is 5.85. The van der Waals surface area contributed by atoms with Crippen LogP contribution in [0.4, 0.5) is 4.39 Å². The molecule has 2 saturated heterocycles. The number of amides is 1. The molecule has 1 amide bonds. The summed E-state index contributed by atoms with van der Waals surface area (Å²) < 4.78 is 13.2. The van der Waals surface area contributed by atoms with Gasteiger partial charge in [-0.1, -0.05) is 30.3 Å². The van der Waals surface area contributed by atoms with Crippen LogP contribution in [0.2, 0.25) is 0 Å². The first-order chi connectivity index (χ1) is 12.5. The quantitative estimate of drug-likeness (QED) is 0.759. The van der Waals surface area contributed by atoms with E-state index in [4.69, 9.17) is 0 Å². The van der Waals surface area contributed by atoms with E-state index in [2.05, 4.69) is 0 Å². The highest BCUT2D eigenvalue weighted by Crippen LogP contribution is 2.43. The molecule has 2 aromatic carbocycles. The molecule has 2 aliphatic rings. The third-order valence-corrected chi connectivity index (χ3v) is 5.85. The molecule has 2 fully saturated rings. The Morgan fingerprint density at radius 1 is 0.923 bits per heavy atom. The number of nitrogens with zero attached hydrogens (tertiary/aromatic N) is 1. The van der Waals surface area contributed by atoms with Gasteiger partial charge in [-0.15, -0.1) is 0 Å². The third kappa shape index (κ3) is 2.94. The molecular formula is C22H22FNO2. The lowest BCUT2D eigenvalue weighted by atomic mass is 9.84. The SMILES string of the molecule is CC(=O)c1ccccc1C(=O)N1[C@@H]2CC[C@H]1C[C@@H](c1ccc(F)cc1)C2. The molecule has 0 saturated carbocycles. The van der Waals surface area contributed by atoms with Crippen molar-refractivity contribution >= 4 is 11.7 Å². The van der Waals surface area contributed by atoms with Crippen LogP contribution in [0.1, 0.15) is 64.8 Å². The number of hydrogen-bond donors (Lipinski definition) is 0. The lowest BCUT2D eigenvalue weighted by Gasteiger charge is -2.39. The van der Waals surface area contributed by atoms with Crippen molar-refractivity contribution in [3.8, 4) is 0 Å². The largest absolute Gasteiger partial charge is 0.333 e. The van der Waals surface area contributed by atoms with E-state index in [9.17, 15) is 14.0 Å². The Labute approximate surface area is 152 Å². The van der Waals surface area contributed by atoms with Crippen molar-refractivity contribution in [2.45, 2.75) is 50.6 Å². The molecule has 4 rings (SSSR count). The van der Waals surface area contributed by atoms with Crippen molar-refractivity contribution in [1.82, 2.24) is 4.90 Å². The van der Waals surface area contributed by atoms with Gasteiger partial charge in [-0.2, -0.15) is 0 Å². The number of fused-ring (bicyclic) bond motifs is 2. The Morgan fingerprint density at radius 2 is 1.50 bits per heavy atom. The fraction of sp³-hybridized carbons (Fsp3) is 0.364. The summed E-state index contributed by atoms with van der Waals surface area (Å²) in [5.41, 5.74) is 2.16. The summed E-state index contributed by atoms with van der Waals surface area (Å²) in [4.78, 5) is 27.1. The molecule has 0 aliphatic carbocycles. The lowest BCUT2D eigenvalue weighted by molar-refractivity contribution is 0.0568. The molecule has 0 radical (unpaired) electrons. The van der Waals surface area contributed by atoms with Crippen molar-refractivity contribution in [3.63, 3.8) is 0 Å². The average Bonchev–Trinajstić information content (AvgIpc) is 2.91. The molecular weight excluding hydrogens is 329 g/mol. The molecule has 134 valence electrons. The first kappa shape index (κ1) is 17.0. The van der Waals surface area contributed by atoms with Crippen molar-refractivity contribution in [1.29, 1.82) is 0 Å². The molecule has 3 atom stereocenters. The van der Waals surface area contributed by atoms with Gasteiger partial charge in [-0.25, -0.2) is 4.39 Å². The van der Waals surface area contributed by atoms with Crippen LogP contribution in [0.5, 0.6) is 0 Å². The number of hydrogen-bond acceptors (Lipinski definition) is 2. The first-order valence-corrected chi connectivity index (χ1v) is 9.22. The fourth-order valence-corrected chi connectivity index (χ4v) is 4.63. The molecule has 26 heavy (non-hydrogen) atoms. The van der Waals surface area contributed by atoms with Crippen molar-refractivity contribution in [2.75, 3.05) is 0 Å². The van der Waals surface area contributed by atoms with Crippen LogP contribution < -0.4 is 0 Å². The van der Waals surface area contributed by atoms with E-state index in [1.807, 2.05) is 23.1 Å². The van der Waals surface area contributed by atoms with Crippen LogP contribution in [0.25, 0.3) is 0 Å². The van der Waals surface area contributed by atoms with Gasteiger partial charge >= 0.3 is 0 Å². The fourth-order valence-electron chi connectivity index (χ4n) is 4.63. The predicted octanol–water partition coefficient (Wildman–Crippen LogP) is 4.58. The number of halogens is 1. The number of Topliss-reactive ketones (excluding diaryl/α,β-unsaturated/α-hetero) is 1. The van der Waals surface area contributed by atoms with Gasteiger partial charge in [-0.3, -0.25) is 9.59 Å². The standard InChI is InChI=1S/C22H22FNO2/c1-14(25)20-4-2-3-5-21(20)22(26)24-18-10-11-19(24)13-16(12-18)15-6-8-17(23)9-7-15/h2-9,16,18-19H,10-13H2,1H3/t16-,18+,19-. The van der Waals surface area contributed by atoms with Gasteiger partial charge in [0.15, 0.2) is 5.78 Å². The maximum atomic E-state index is 13.2. The number of ketones is 1. The van der Waals surface area contributed by atoms with Crippen LogP contribution in [-0.4, -0.2) is 28.7 Å². The van der Waals surface area contributed by atoms with Gasteiger partial charge in [0, 0.05) is 17.6 Å². The van der Waals surface area contributed by atoms with Gasteiger partial charge in [-0.05, 0) is 62.3 Å². The molecule has 0 aromatic heterocycles. The van der Waals surface area contributed by atoms with E-state index in [0.29, 0.717) is 17.0 Å². The van der Waals surface area contributed by atoms with Crippen LogP contribution in [0.15, 0.2) is 48.5 Å². The van der Waals surface area contributed by atoms with Crippen molar-refractivity contribution in [2.24, 2.45) is 0 Å². The summed E-state index contributed by atoms with van der Waals surface area (Å²) in [6.45, 7) is 1.50. The maximum absolute atomic E-state index is 13.2. The lowest BCUT2D eigenvalue weighted by Crippen LogP contribution is -2.46. The maximum Gasteiger partial charge on any atom is 0.255 e. The molecule has 0 N–H and O–H groups in total. The molecule has 4 heteroatoms. The van der Waals surface area contributed by atoms with Gasteiger partial charge < -0.3 is 4.90 Å². The molecule has 2 aromatic rings. The first-order valence-electron chi connectivity index (χ1n) is 9.22. The Morgan fingerprint density at radius 3 is 2.08 bits per heavy atom. The van der Waals surface area contributed by atoms with E-state index in [1.54, 1.807) is 18.2 Å². The van der Waals surface area contributed by atoms with Crippen LogP contribution >= 0.6 is 0 Å². The summed E-state index contributed by atoms with van der Waals surface area (Å²) >= 11 is 0. The number of piperidine rings is 1. The van der Waals surface area contributed by atoms with Gasteiger partial charge in [0.2, 0.25) is 0 Å². The van der Waals surface area contributed by atoms with E-state index in [0.717, 1.165) is 31.2 Å².